The third-order valence-corrected chi connectivity index (χ3v) is 3.04. The van der Waals surface area contributed by atoms with Gasteiger partial charge < -0.3 is 5.32 Å². The first kappa shape index (κ1) is 12.9. The molecule has 0 aromatic heterocycles. The van der Waals surface area contributed by atoms with Crippen molar-refractivity contribution in [3.63, 3.8) is 0 Å². The number of aliphatic imine (C=N–C) groups is 1. The van der Waals surface area contributed by atoms with Crippen LogP contribution in [0.25, 0.3) is 0 Å². The molecule has 18 heavy (non-hydrogen) atoms. The van der Waals surface area contributed by atoms with Crippen LogP contribution in [-0.4, -0.2) is 5.84 Å². The predicted octanol–water partition coefficient (Wildman–Crippen LogP) is 5.16. The van der Waals surface area contributed by atoms with Crippen molar-refractivity contribution in [2.45, 2.75) is 6.92 Å². The Morgan fingerprint density at radius 3 is 2.39 bits per heavy atom. The molecule has 4 heteroatoms. The van der Waals surface area contributed by atoms with Gasteiger partial charge in [-0.15, -0.1) is 0 Å². The molecule has 0 aliphatic heterocycles. The molecule has 2 rings (SSSR count). The normalized spacial score (nSPS) is 11.4. The highest BCUT2D eigenvalue weighted by Crippen LogP contribution is 2.25. The van der Waals surface area contributed by atoms with Crippen molar-refractivity contribution in [2.75, 3.05) is 5.32 Å². The summed E-state index contributed by atoms with van der Waals surface area (Å²) in [5, 5.41) is 4.23. The molecule has 0 radical (unpaired) electrons. The summed E-state index contributed by atoms with van der Waals surface area (Å²) in [4.78, 5) is 4.44. The van der Waals surface area contributed by atoms with E-state index in [-0.39, 0.29) is 0 Å². The van der Waals surface area contributed by atoms with Gasteiger partial charge in [-0.2, -0.15) is 0 Å². The average Bonchev–Trinajstić information content (AvgIpc) is 2.35. The minimum Gasteiger partial charge on any atom is -0.344 e. The SMILES string of the molecule is CC(=Nc1ccccc1)Nc1ccc(Cl)c(Cl)c1. The average molecular weight is 279 g/mol. The number of hydrogen-bond acceptors (Lipinski definition) is 1. The summed E-state index contributed by atoms with van der Waals surface area (Å²) in [5.74, 6) is 0.791. The van der Waals surface area contributed by atoms with Crippen LogP contribution in [0.15, 0.2) is 53.5 Å². The monoisotopic (exact) mass is 278 g/mol. The molecule has 2 aromatic rings. The molecule has 0 saturated heterocycles. The fraction of sp³-hybridized carbons (Fsp3) is 0.0714. The van der Waals surface area contributed by atoms with Crippen molar-refractivity contribution >= 4 is 40.4 Å². The van der Waals surface area contributed by atoms with Gasteiger partial charge in [-0.3, -0.25) is 0 Å². The van der Waals surface area contributed by atoms with Crippen molar-refractivity contribution in [3.8, 4) is 0 Å². The third-order valence-electron chi connectivity index (χ3n) is 2.30. The van der Waals surface area contributed by atoms with E-state index in [4.69, 9.17) is 23.2 Å². The van der Waals surface area contributed by atoms with Crippen molar-refractivity contribution < 1.29 is 0 Å². The van der Waals surface area contributed by atoms with Gasteiger partial charge in [0.05, 0.1) is 15.7 Å². The number of nitrogens with zero attached hydrogens (tertiary/aromatic N) is 1. The number of amidine groups is 1. The van der Waals surface area contributed by atoms with Crippen LogP contribution in [0.4, 0.5) is 11.4 Å². The van der Waals surface area contributed by atoms with Crippen LogP contribution in [0.3, 0.4) is 0 Å². The van der Waals surface area contributed by atoms with E-state index in [1.165, 1.54) is 0 Å². The molecule has 92 valence electrons. The summed E-state index contributed by atoms with van der Waals surface area (Å²) in [6.07, 6.45) is 0. The fourth-order valence-electron chi connectivity index (χ4n) is 1.51. The summed E-state index contributed by atoms with van der Waals surface area (Å²) in [6, 6.07) is 15.1. The topological polar surface area (TPSA) is 24.4 Å². The maximum absolute atomic E-state index is 5.95. The first-order valence-corrected chi connectivity index (χ1v) is 6.23. The Labute approximate surface area is 116 Å². The van der Waals surface area contributed by atoms with Crippen LogP contribution in [0.1, 0.15) is 6.92 Å². The molecule has 0 heterocycles. The van der Waals surface area contributed by atoms with E-state index < -0.39 is 0 Å². The number of rotatable bonds is 2. The predicted molar refractivity (Wildman–Crippen MR) is 79.3 cm³/mol. The second kappa shape index (κ2) is 5.89. The fourth-order valence-corrected chi connectivity index (χ4v) is 1.80. The molecule has 0 aliphatic rings. The molecule has 0 amide bonds. The molecule has 2 aromatic carbocycles. The number of anilines is 1. The molecule has 0 fully saturated rings. The summed E-state index contributed by atoms with van der Waals surface area (Å²) in [7, 11) is 0. The van der Waals surface area contributed by atoms with Crippen LogP contribution in [0.5, 0.6) is 0 Å². The van der Waals surface area contributed by atoms with Crippen molar-refractivity contribution in [1.82, 2.24) is 0 Å². The standard InChI is InChI=1S/C14H12Cl2N2/c1-10(17-11-5-3-2-4-6-11)18-12-7-8-13(15)14(16)9-12/h2-9H,1H3,(H,17,18). The summed E-state index contributed by atoms with van der Waals surface area (Å²) in [5.41, 5.74) is 1.77. The Morgan fingerprint density at radius 2 is 1.72 bits per heavy atom. The smallest absolute Gasteiger partial charge is 0.103 e. The molecule has 1 N–H and O–H groups in total. The molecule has 0 spiro atoms. The quantitative estimate of drug-likeness (QED) is 0.596. The Balaban J connectivity index is 2.14. The number of nitrogens with one attached hydrogen (secondary N) is 1. The van der Waals surface area contributed by atoms with E-state index in [2.05, 4.69) is 10.3 Å². The van der Waals surface area contributed by atoms with Gasteiger partial charge in [0.2, 0.25) is 0 Å². The van der Waals surface area contributed by atoms with Gasteiger partial charge in [0.1, 0.15) is 5.84 Å². The van der Waals surface area contributed by atoms with E-state index in [1.807, 2.05) is 43.3 Å². The summed E-state index contributed by atoms with van der Waals surface area (Å²) in [6.45, 7) is 1.90. The molecule has 0 unspecified atom stereocenters. The zero-order valence-corrected chi connectivity index (χ0v) is 11.3. The molecule has 2 nitrogen and oxygen atoms in total. The molecular formula is C14H12Cl2N2. The van der Waals surface area contributed by atoms with Crippen LogP contribution in [0, 0.1) is 0 Å². The van der Waals surface area contributed by atoms with E-state index in [1.54, 1.807) is 12.1 Å². The van der Waals surface area contributed by atoms with Gasteiger partial charge in [0, 0.05) is 5.69 Å². The van der Waals surface area contributed by atoms with Crippen LogP contribution in [0.2, 0.25) is 10.0 Å². The molecule has 0 saturated carbocycles. The third kappa shape index (κ3) is 3.49. The largest absolute Gasteiger partial charge is 0.344 e. The first-order chi connectivity index (χ1) is 8.65. The minimum absolute atomic E-state index is 0.522. The number of para-hydroxylation sites is 1. The van der Waals surface area contributed by atoms with Crippen molar-refractivity contribution in [2.24, 2.45) is 4.99 Å². The lowest BCUT2D eigenvalue weighted by atomic mass is 10.3. The first-order valence-electron chi connectivity index (χ1n) is 5.47. The Kier molecular flexibility index (Phi) is 4.24. The highest BCUT2D eigenvalue weighted by atomic mass is 35.5. The highest BCUT2D eigenvalue weighted by molar-refractivity contribution is 6.42. The maximum Gasteiger partial charge on any atom is 0.103 e. The number of hydrogen-bond donors (Lipinski definition) is 1. The lowest BCUT2D eigenvalue weighted by Gasteiger charge is -2.06. The molecular weight excluding hydrogens is 267 g/mol. The van der Waals surface area contributed by atoms with Crippen LogP contribution < -0.4 is 5.32 Å². The number of benzene rings is 2. The van der Waals surface area contributed by atoms with Crippen molar-refractivity contribution in [1.29, 1.82) is 0 Å². The lowest BCUT2D eigenvalue weighted by molar-refractivity contribution is 1.46. The summed E-state index contributed by atoms with van der Waals surface area (Å²) < 4.78 is 0. The van der Waals surface area contributed by atoms with E-state index in [0.717, 1.165) is 17.2 Å². The molecule has 0 atom stereocenters. The van der Waals surface area contributed by atoms with E-state index in [0.29, 0.717) is 10.0 Å². The molecule has 0 aliphatic carbocycles. The zero-order chi connectivity index (χ0) is 13.0. The minimum atomic E-state index is 0.522. The second-order valence-corrected chi connectivity index (χ2v) is 4.60. The van der Waals surface area contributed by atoms with Crippen LogP contribution >= 0.6 is 23.2 Å². The van der Waals surface area contributed by atoms with Crippen LogP contribution in [-0.2, 0) is 0 Å². The Hall–Kier alpha value is -1.51. The second-order valence-electron chi connectivity index (χ2n) is 3.79. The van der Waals surface area contributed by atoms with Gasteiger partial charge in [-0.05, 0) is 37.3 Å². The van der Waals surface area contributed by atoms with Gasteiger partial charge >= 0.3 is 0 Å². The number of halogens is 2. The van der Waals surface area contributed by atoms with Gasteiger partial charge in [0.15, 0.2) is 0 Å². The maximum atomic E-state index is 5.95. The zero-order valence-electron chi connectivity index (χ0n) is 9.82. The van der Waals surface area contributed by atoms with E-state index in [9.17, 15) is 0 Å². The lowest BCUT2D eigenvalue weighted by Crippen LogP contribution is -2.06. The molecule has 0 bridgehead atoms. The Morgan fingerprint density at radius 1 is 1.00 bits per heavy atom. The van der Waals surface area contributed by atoms with Crippen molar-refractivity contribution in [3.05, 3.63) is 58.6 Å². The van der Waals surface area contributed by atoms with Gasteiger partial charge in [0.25, 0.3) is 0 Å². The van der Waals surface area contributed by atoms with Gasteiger partial charge in [-0.25, -0.2) is 4.99 Å². The Bertz CT molecular complexity index is 565. The summed E-state index contributed by atoms with van der Waals surface area (Å²) >= 11 is 11.8. The van der Waals surface area contributed by atoms with Gasteiger partial charge in [-0.1, -0.05) is 41.4 Å². The highest BCUT2D eigenvalue weighted by Gasteiger charge is 2.00. The van der Waals surface area contributed by atoms with E-state index >= 15 is 0 Å².